The molecule has 5 nitrogen and oxygen atoms in total. The maximum atomic E-state index is 5.78. The van der Waals surface area contributed by atoms with Gasteiger partial charge < -0.3 is 20.1 Å². The van der Waals surface area contributed by atoms with Crippen molar-refractivity contribution < 1.29 is 9.47 Å². The average Bonchev–Trinajstić information content (AvgIpc) is 2.64. The molecule has 2 aromatic rings. The summed E-state index contributed by atoms with van der Waals surface area (Å²) in [7, 11) is 1.73. The number of ether oxygens (including phenoxy) is 2. The van der Waals surface area contributed by atoms with Gasteiger partial charge in [0.1, 0.15) is 18.1 Å². The molecule has 2 N–H and O–H groups in total. The highest BCUT2D eigenvalue weighted by molar-refractivity contribution is 5.85. The summed E-state index contributed by atoms with van der Waals surface area (Å²) in [5, 5.41) is 0. The van der Waals surface area contributed by atoms with E-state index in [1.807, 2.05) is 36.4 Å². The lowest BCUT2D eigenvalue weighted by Crippen LogP contribution is -2.47. The quantitative estimate of drug-likeness (QED) is 0.754. The van der Waals surface area contributed by atoms with Gasteiger partial charge in [0.15, 0.2) is 0 Å². The first-order chi connectivity index (χ1) is 11.8. The number of benzene rings is 2. The molecule has 0 aliphatic carbocycles. The van der Waals surface area contributed by atoms with Gasteiger partial charge in [-0.1, -0.05) is 12.1 Å². The summed E-state index contributed by atoms with van der Waals surface area (Å²) in [6.45, 7) is 5.69. The molecule has 1 fully saturated rings. The summed E-state index contributed by atoms with van der Waals surface area (Å²) < 4.78 is 11.2. The Labute approximate surface area is 167 Å². The zero-order valence-corrected chi connectivity index (χ0v) is 16.6. The number of hydrogen-bond donors (Lipinski definition) is 1. The Bertz CT molecular complexity index is 647. The Morgan fingerprint density at radius 1 is 0.923 bits per heavy atom. The Balaban J connectivity index is 0.00000169. The van der Waals surface area contributed by atoms with Crippen LogP contribution in [0.25, 0.3) is 0 Å². The Morgan fingerprint density at radius 3 is 2.23 bits per heavy atom. The van der Waals surface area contributed by atoms with Gasteiger partial charge >= 0.3 is 0 Å². The van der Waals surface area contributed by atoms with Crippen LogP contribution >= 0.6 is 24.8 Å². The average molecular weight is 400 g/mol. The van der Waals surface area contributed by atoms with Crippen LogP contribution in [-0.2, 0) is 0 Å². The van der Waals surface area contributed by atoms with E-state index >= 15 is 0 Å². The fraction of sp³-hybridized carbons (Fsp3) is 0.368. The second-order valence-electron chi connectivity index (χ2n) is 5.92. The van der Waals surface area contributed by atoms with Crippen molar-refractivity contribution in [1.82, 2.24) is 4.90 Å². The van der Waals surface area contributed by atoms with E-state index in [-0.39, 0.29) is 24.8 Å². The third-order valence-corrected chi connectivity index (χ3v) is 4.35. The number of methoxy groups -OCH3 is 1. The maximum Gasteiger partial charge on any atom is 0.142 e. The Morgan fingerprint density at radius 2 is 1.58 bits per heavy atom. The van der Waals surface area contributed by atoms with E-state index in [9.17, 15) is 0 Å². The fourth-order valence-corrected chi connectivity index (χ4v) is 2.96. The van der Waals surface area contributed by atoms with Crippen molar-refractivity contribution in [3.8, 4) is 11.5 Å². The van der Waals surface area contributed by atoms with Crippen molar-refractivity contribution in [2.45, 2.75) is 0 Å². The fourth-order valence-electron chi connectivity index (χ4n) is 2.96. The topological polar surface area (TPSA) is 51.0 Å². The number of anilines is 2. The maximum absolute atomic E-state index is 5.78. The molecule has 1 aliphatic rings. The lowest BCUT2D eigenvalue weighted by atomic mass is 10.2. The standard InChI is InChI=1S/C19H25N3O2.2ClH/c1-23-19-5-3-2-4-18(19)22-12-10-21(11-13-22)14-15-24-17-8-6-16(20)7-9-17;;/h2-9H,10-15,20H2,1H3;2*1H. The zero-order chi connectivity index (χ0) is 16.8. The third kappa shape index (κ3) is 5.87. The number of para-hydroxylation sites is 2. The minimum Gasteiger partial charge on any atom is -0.495 e. The molecular weight excluding hydrogens is 373 g/mol. The van der Waals surface area contributed by atoms with Crippen molar-refractivity contribution in [2.75, 3.05) is 57.1 Å². The number of nitrogens with zero attached hydrogens (tertiary/aromatic N) is 2. The first-order valence-corrected chi connectivity index (χ1v) is 8.35. The third-order valence-electron chi connectivity index (χ3n) is 4.35. The molecule has 1 saturated heterocycles. The van der Waals surface area contributed by atoms with E-state index in [1.165, 1.54) is 5.69 Å². The second kappa shape index (κ2) is 11.0. The molecule has 0 radical (unpaired) electrons. The highest BCUT2D eigenvalue weighted by Gasteiger charge is 2.19. The monoisotopic (exact) mass is 399 g/mol. The number of piperazine rings is 1. The number of rotatable bonds is 6. The van der Waals surface area contributed by atoms with E-state index in [1.54, 1.807) is 7.11 Å². The summed E-state index contributed by atoms with van der Waals surface area (Å²) in [6, 6.07) is 15.8. The van der Waals surface area contributed by atoms with E-state index in [0.717, 1.165) is 49.9 Å². The summed E-state index contributed by atoms with van der Waals surface area (Å²) >= 11 is 0. The SMILES string of the molecule is COc1ccccc1N1CCN(CCOc2ccc(N)cc2)CC1.Cl.Cl. The van der Waals surface area contributed by atoms with Crippen LogP contribution in [0.4, 0.5) is 11.4 Å². The summed E-state index contributed by atoms with van der Waals surface area (Å²) in [5.74, 6) is 1.81. The molecule has 7 heteroatoms. The van der Waals surface area contributed by atoms with Crippen LogP contribution in [0.1, 0.15) is 0 Å². The van der Waals surface area contributed by atoms with Crippen molar-refractivity contribution in [2.24, 2.45) is 0 Å². The molecule has 2 aromatic carbocycles. The molecular formula is C19H27Cl2N3O2. The lowest BCUT2D eigenvalue weighted by molar-refractivity contribution is 0.200. The summed E-state index contributed by atoms with van der Waals surface area (Å²) in [4.78, 5) is 4.82. The first kappa shape index (κ1) is 22.2. The normalized spacial score (nSPS) is 14.1. The summed E-state index contributed by atoms with van der Waals surface area (Å²) in [6.07, 6.45) is 0. The van der Waals surface area contributed by atoms with Crippen LogP contribution in [0.15, 0.2) is 48.5 Å². The van der Waals surface area contributed by atoms with Crippen molar-refractivity contribution in [3.05, 3.63) is 48.5 Å². The van der Waals surface area contributed by atoms with Gasteiger partial charge in [0, 0.05) is 38.4 Å². The highest BCUT2D eigenvalue weighted by atomic mass is 35.5. The van der Waals surface area contributed by atoms with Gasteiger partial charge in [-0.2, -0.15) is 0 Å². The van der Waals surface area contributed by atoms with Crippen LogP contribution in [0, 0.1) is 0 Å². The van der Waals surface area contributed by atoms with Crippen LogP contribution in [0.2, 0.25) is 0 Å². The zero-order valence-electron chi connectivity index (χ0n) is 15.0. The molecule has 0 bridgehead atoms. The van der Waals surface area contributed by atoms with Gasteiger partial charge in [-0.15, -0.1) is 24.8 Å². The number of nitrogen functional groups attached to an aromatic ring is 1. The molecule has 0 unspecified atom stereocenters. The molecule has 0 spiro atoms. The lowest BCUT2D eigenvalue weighted by Gasteiger charge is -2.36. The predicted octanol–water partition coefficient (Wildman–Crippen LogP) is 3.32. The smallest absolute Gasteiger partial charge is 0.142 e. The molecule has 3 rings (SSSR count). The Kier molecular flexibility index (Phi) is 9.41. The van der Waals surface area contributed by atoms with Crippen molar-refractivity contribution in [3.63, 3.8) is 0 Å². The number of hydrogen-bond acceptors (Lipinski definition) is 5. The van der Waals surface area contributed by atoms with Crippen molar-refractivity contribution in [1.29, 1.82) is 0 Å². The first-order valence-electron chi connectivity index (χ1n) is 8.35. The molecule has 1 aliphatic heterocycles. The minimum absolute atomic E-state index is 0. The molecule has 0 saturated carbocycles. The molecule has 0 aromatic heterocycles. The van der Waals surface area contributed by atoms with E-state index in [0.29, 0.717) is 6.61 Å². The van der Waals surface area contributed by atoms with Crippen molar-refractivity contribution >= 4 is 36.2 Å². The van der Waals surface area contributed by atoms with Gasteiger partial charge in [-0.25, -0.2) is 0 Å². The van der Waals surface area contributed by atoms with E-state index in [2.05, 4.69) is 21.9 Å². The van der Waals surface area contributed by atoms with Gasteiger partial charge in [0.2, 0.25) is 0 Å². The van der Waals surface area contributed by atoms with E-state index < -0.39 is 0 Å². The molecule has 26 heavy (non-hydrogen) atoms. The predicted molar refractivity (Wildman–Crippen MR) is 112 cm³/mol. The molecule has 144 valence electrons. The second-order valence-corrected chi connectivity index (χ2v) is 5.92. The van der Waals surface area contributed by atoms with Gasteiger partial charge in [-0.3, -0.25) is 4.90 Å². The van der Waals surface area contributed by atoms with Gasteiger partial charge in [0.25, 0.3) is 0 Å². The molecule has 0 amide bonds. The number of halogens is 2. The number of nitrogens with two attached hydrogens (primary N) is 1. The molecule has 0 atom stereocenters. The summed E-state index contributed by atoms with van der Waals surface area (Å²) in [5.41, 5.74) is 7.61. The van der Waals surface area contributed by atoms with Crippen LogP contribution in [-0.4, -0.2) is 51.3 Å². The van der Waals surface area contributed by atoms with Gasteiger partial charge in [-0.05, 0) is 36.4 Å². The van der Waals surface area contributed by atoms with Crippen LogP contribution in [0.3, 0.4) is 0 Å². The largest absolute Gasteiger partial charge is 0.495 e. The molecule has 1 heterocycles. The van der Waals surface area contributed by atoms with Gasteiger partial charge in [0.05, 0.1) is 12.8 Å². The Hall–Kier alpha value is -1.82. The van der Waals surface area contributed by atoms with E-state index in [4.69, 9.17) is 15.2 Å². The minimum atomic E-state index is 0. The van der Waals surface area contributed by atoms with Crippen LogP contribution in [0.5, 0.6) is 11.5 Å². The highest BCUT2D eigenvalue weighted by Crippen LogP contribution is 2.28. The van der Waals surface area contributed by atoms with Crippen LogP contribution < -0.4 is 20.1 Å².